The smallest absolute Gasteiger partial charge is 0.335 e. The summed E-state index contributed by atoms with van der Waals surface area (Å²) >= 11 is 0. The highest BCUT2D eigenvalue weighted by Gasteiger charge is 2.33. The zero-order valence-corrected chi connectivity index (χ0v) is 12.1. The lowest BCUT2D eigenvalue weighted by molar-refractivity contribution is 0.0693. The van der Waals surface area contributed by atoms with Crippen LogP contribution in [0.5, 0.6) is 0 Å². The molecule has 1 heterocycles. The molecule has 0 saturated heterocycles. The molecule has 0 bridgehead atoms. The number of carbonyl (C=O) groups is 1. The van der Waals surface area contributed by atoms with Crippen LogP contribution in [0.1, 0.15) is 54.1 Å². The van der Waals surface area contributed by atoms with Gasteiger partial charge in [0.15, 0.2) is 0 Å². The highest BCUT2D eigenvalue weighted by molar-refractivity contribution is 5.89. The van der Waals surface area contributed by atoms with E-state index in [-0.39, 0.29) is 0 Å². The predicted octanol–water partition coefficient (Wildman–Crippen LogP) is 3.32. The van der Waals surface area contributed by atoms with Gasteiger partial charge in [-0.05, 0) is 42.4 Å². The molecule has 0 amide bonds. The molecule has 1 aromatic carbocycles. The molecule has 1 aliphatic carbocycles. The number of carboxylic acid groups (broad SMARTS) is 1. The molecule has 0 radical (unpaired) electrons. The summed E-state index contributed by atoms with van der Waals surface area (Å²) in [5, 5.41) is 9.28. The van der Waals surface area contributed by atoms with E-state index in [1.165, 1.54) is 31.2 Å². The third-order valence-corrected chi connectivity index (χ3v) is 5.14. The van der Waals surface area contributed by atoms with Gasteiger partial charge in [-0.2, -0.15) is 0 Å². The van der Waals surface area contributed by atoms with Crippen molar-refractivity contribution in [1.29, 1.82) is 0 Å². The molecule has 1 N–H and O–H groups in total. The zero-order chi connectivity index (χ0) is 14.1. The molecule has 0 spiro atoms. The van der Waals surface area contributed by atoms with E-state index >= 15 is 0 Å². The zero-order valence-electron chi connectivity index (χ0n) is 12.1. The van der Waals surface area contributed by atoms with Gasteiger partial charge >= 0.3 is 5.97 Å². The Kier molecular flexibility index (Phi) is 3.79. The Balaban J connectivity index is 1.82. The average Bonchev–Trinajstić information content (AvgIpc) is 2.94. The summed E-state index contributed by atoms with van der Waals surface area (Å²) in [5.41, 5.74) is 2.78. The van der Waals surface area contributed by atoms with Gasteiger partial charge in [0.25, 0.3) is 0 Å². The third kappa shape index (κ3) is 2.35. The first-order valence-corrected chi connectivity index (χ1v) is 7.78. The number of aromatic carboxylic acids is 1. The number of hydrogen-bond donors (Lipinski definition) is 1. The summed E-state index contributed by atoms with van der Waals surface area (Å²) in [5.74, 6) is 0.0433. The summed E-state index contributed by atoms with van der Waals surface area (Å²) in [4.78, 5) is 13.9. The molecule has 1 aliphatic heterocycles. The highest BCUT2D eigenvalue weighted by atomic mass is 16.4. The Morgan fingerprint density at radius 3 is 3.00 bits per heavy atom. The van der Waals surface area contributed by atoms with Crippen molar-refractivity contribution in [2.75, 3.05) is 6.54 Å². The second-order valence-electron chi connectivity index (χ2n) is 6.14. The van der Waals surface area contributed by atoms with Gasteiger partial charge in [0.1, 0.15) is 0 Å². The SMILES string of the molecule is CCC1CCCC1N1CCc2c(cccc2C(=O)O)C1. The van der Waals surface area contributed by atoms with Crippen LogP contribution in [-0.4, -0.2) is 28.6 Å². The van der Waals surface area contributed by atoms with Crippen molar-refractivity contribution in [3.63, 3.8) is 0 Å². The van der Waals surface area contributed by atoms with Crippen molar-refractivity contribution in [2.45, 2.75) is 51.6 Å². The Morgan fingerprint density at radius 2 is 2.25 bits per heavy atom. The second kappa shape index (κ2) is 5.57. The first-order chi connectivity index (χ1) is 9.70. The molecule has 20 heavy (non-hydrogen) atoms. The Hall–Kier alpha value is -1.35. The van der Waals surface area contributed by atoms with E-state index in [0.29, 0.717) is 11.6 Å². The summed E-state index contributed by atoms with van der Waals surface area (Å²) in [6.45, 7) is 4.24. The fraction of sp³-hybridized carbons (Fsp3) is 0.588. The third-order valence-electron chi connectivity index (χ3n) is 5.14. The number of rotatable bonds is 3. The van der Waals surface area contributed by atoms with Crippen molar-refractivity contribution in [3.05, 3.63) is 34.9 Å². The van der Waals surface area contributed by atoms with Crippen LogP contribution in [-0.2, 0) is 13.0 Å². The van der Waals surface area contributed by atoms with E-state index in [0.717, 1.165) is 31.0 Å². The maximum atomic E-state index is 11.3. The second-order valence-corrected chi connectivity index (χ2v) is 6.14. The fourth-order valence-electron chi connectivity index (χ4n) is 4.09. The van der Waals surface area contributed by atoms with Crippen LogP contribution in [0.4, 0.5) is 0 Å². The molecule has 3 nitrogen and oxygen atoms in total. The largest absolute Gasteiger partial charge is 0.478 e. The van der Waals surface area contributed by atoms with Crippen molar-refractivity contribution in [3.8, 4) is 0 Å². The minimum atomic E-state index is -0.789. The van der Waals surface area contributed by atoms with E-state index in [1.54, 1.807) is 6.07 Å². The topological polar surface area (TPSA) is 40.5 Å². The van der Waals surface area contributed by atoms with Crippen molar-refractivity contribution < 1.29 is 9.90 Å². The van der Waals surface area contributed by atoms with Crippen LogP contribution in [0.25, 0.3) is 0 Å². The monoisotopic (exact) mass is 273 g/mol. The van der Waals surface area contributed by atoms with Crippen LogP contribution < -0.4 is 0 Å². The van der Waals surface area contributed by atoms with Crippen molar-refractivity contribution in [2.24, 2.45) is 5.92 Å². The lowest BCUT2D eigenvalue weighted by Crippen LogP contribution is -2.41. The molecule has 1 aromatic rings. The molecule has 3 heteroatoms. The van der Waals surface area contributed by atoms with E-state index in [1.807, 2.05) is 6.07 Å². The van der Waals surface area contributed by atoms with Crippen LogP contribution >= 0.6 is 0 Å². The number of fused-ring (bicyclic) bond motifs is 1. The summed E-state index contributed by atoms with van der Waals surface area (Å²) in [7, 11) is 0. The van der Waals surface area contributed by atoms with Gasteiger partial charge in [0.05, 0.1) is 5.56 Å². The van der Waals surface area contributed by atoms with E-state index in [4.69, 9.17) is 0 Å². The molecule has 2 unspecified atom stereocenters. The van der Waals surface area contributed by atoms with E-state index in [9.17, 15) is 9.90 Å². The summed E-state index contributed by atoms with van der Waals surface area (Å²) < 4.78 is 0. The maximum absolute atomic E-state index is 11.3. The van der Waals surface area contributed by atoms with Crippen LogP contribution in [0, 0.1) is 5.92 Å². The van der Waals surface area contributed by atoms with Crippen LogP contribution in [0.3, 0.4) is 0 Å². The molecule has 1 fully saturated rings. The first kappa shape index (κ1) is 13.6. The molecule has 0 aromatic heterocycles. The summed E-state index contributed by atoms with van der Waals surface area (Å²) in [6.07, 6.45) is 6.17. The number of carboxylic acids is 1. The molecular formula is C17H23NO2. The Morgan fingerprint density at radius 1 is 1.40 bits per heavy atom. The van der Waals surface area contributed by atoms with E-state index < -0.39 is 5.97 Å². The molecule has 108 valence electrons. The van der Waals surface area contributed by atoms with Crippen molar-refractivity contribution in [1.82, 2.24) is 4.90 Å². The molecule has 1 saturated carbocycles. The van der Waals surface area contributed by atoms with Gasteiger partial charge in [-0.25, -0.2) is 4.79 Å². The lowest BCUT2D eigenvalue weighted by Gasteiger charge is -2.37. The number of nitrogens with zero attached hydrogens (tertiary/aromatic N) is 1. The van der Waals surface area contributed by atoms with Crippen LogP contribution in [0.2, 0.25) is 0 Å². The van der Waals surface area contributed by atoms with Gasteiger partial charge in [-0.1, -0.05) is 31.9 Å². The number of benzene rings is 1. The predicted molar refractivity (Wildman–Crippen MR) is 78.9 cm³/mol. The summed E-state index contributed by atoms with van der Waals surface area (Å²) in [6, 6.07) is 6.43. The Bertz CT molecular complexity index is 512. The van der Waals surface area contributed by atoms with Crippen molar-refractivity contribution >= 4 is 5.97 Å². The maximum Gasteiger partial charge on any atom is 0.335 e. The molecule has 2 aliphatic rings. The molecular weight excluding hydrogens is 250 g/mol. The minimum Gasteiger partial charge on any atom is -0.478 e. The van der Waals surface area contributed by atoms with Gasteiger partial charge in [-0.3, -0.25) is 4.90 Å². The molecule has 3 rings (SSSR count). The standard InChI is InChI=1S/C17H23NO2/c1-2-12-5-4-8-16(12)18-10-9-14-13(11-18)6-3-7-15(14)17(19)20/h3,6-7,12,16H,2,4-5,8-11H2,1H3,(H,19,20). The highest BCUT2D eigenvalue weighted by Crippen LogP contribution is 2.35. The van der Waals surface area contributed by atoms with Gasteiger partial charge < -0.3 is 5.11 Å². The fourth-order valence-corrected chi connectivity index (χ4v) is 4.09. The Labute approximate surface area is 120 Å². The first-order valence-electron chi connectivity index (χ1n) is 7.78. The van der Waals surface area contributed by atoms with Crippen LogP contribution in [0.15, 0.2) is 18.2 Å². The molecule has 2 atom stereocenters. The number of hydrogen-bond acceptors (Lipinski definition) is 2. The lowest BCUT2D eigenvalue weighted by atomic mass is 9.91. The average molecular weight is 273 g/mol. The quantitative estimate of drug-likeness (QED) is 0.918. The van der Waals surface area contributed by atoms with E-state index in [2.05, 4.69) is 17.9 Å². The van der Waals surface area contributed by atoms with Gasteiger partial charge in [0, 0.05) is 19.1 Å². The normalized spacial score (nSPS) is 26.4. The van der Waals surface area contributed by atoms with Gasteiger partial charge in [-0.15, -0.1) is 0 Å². The van der Waals surface area contributed by atoms with Gasteiger partial charge in [0.2, 0.25) is 0 Å². The minimum absolute atomic E-state index is 0.501.